The lowest BCUT2D eigenvalue weighted by Gasteiger charge is -2.29. The van der Waals surface area contributed by atoms with Crippen molar-refractivity contribution in [2.45, 2.75) is 64.5 Å². The monoisotopic (exact) mass is 478 g/mol. The summed E-state index contributed by atoms with van der Waals surface area (Å²) in [7, 11) is 0. The Hall–Kier alpha value is -3.35. The van der Waals surface area contributed by atoms with Crippen LogP contribution in [0.25, 0.3) is 11.1 Å². The van der Waals surface area contributed by atoms with E-state index in [1.165, 1.54) is 4.90 Å². The summed E-state index contributed by atoms with van der Waals surface area (Å²) in [4.78, 5) is 38.5. The van der Waals surface area contributed by atoms with Gasteiger partial charge in [0.1, 0.15) is 13.2 Å². The van der Waals surface area contributed by atoms with E-state index in [2.05, 4.69) is 29.6 Å². The fraction of sp³-hybridized carbons (Fsp3) is 0.464. The van der Waals surface area contributed by atoms with Crippen molar-refractivity contribution < 1.29 is 24.2 Å². The van der Waals surface area contributed by atoms with E-state index in [1.807, 2.05) is 45.0 Å². The van der Waals surface area contributed by atoms with Gasteiger partial charge >= 0.3 is 12.1 Å². The van der Waals surface area contributed by atoms with Gasteiger partial charge in [-0.1, -0.05) is 69.3 Å². The first-order chi connectivity index (χ1) is 16.6. The van der Waals surface area contributed by atoms with Crippen LogP contribution in [-0.4, -0.2) is 53.2 Å². The number of amides is 2. The molecule has 1 fully saturated rings. The molecule has 35 heavy (non-hydrogen) atoms. The number of carboxylic acid groups (broad SMARTS) is 1. The first-order valence-corrected chi connectivity index (χ1v) is 12.2. The number of nitrogens with zero attached hydrogens (tertiary/aromatic N) is 1. The maximum Gasteiger partial charge on any atom is 0.407 e. The molecule has 0 spiro atoms. The summed E-state index contributed by atoms with van der Waals surface area (Å²) in [6.45, 7) is 6.01. The largest absolute Gasteiger partial charge is 0.480 e. The fourth-order valence-corrected chi connectivity index (χ4v) is 5.00. The number of hydrogen-bond donors (Lipinski definition) is 2. The van der Waals surface area contributed by atoms with Crippen molar-refractivity contribution in [3.63, 3.8) is 0 Å². The predicted octanol–water partition coefficient (Wildman–Crippen LogP) is 4.80. The van der Waals surface area contributed by atoms with Gasteiger partial charge in [-0.25, -0.2) is 4.79 Å². The molecule has 0 aliphatic heterocycles. The summed E-state index contributed by atoms with van der Waals surface area (Å²) in [5.74, 6) is -1.32. The van der Waals surface area contributed by atoms with Gasteiger partial charge in [0.25, 0.3) is 0 Å². The van der Waals surface area contributed by atoms with Crippen LogP contribution in [0.5, 0.6) is 0 Å². The molecule has 186 valence electrons. The van der Waals surface area contributed by atoms with Crippen molar-refractivity contribution in [2.24, 2.45) is 5.41 Å². The number of nitrogens with one attached hydrogen (secondary N) is 1. The molecule has 4 rings (SSSR count). The number of carbonyl (C=O) groups excluding carboxylic acids is 2. The Morgan fingerprint density at radius 3 is 2.11 bits per heavy atom. The van der Waals surface area contributed by atoms with Crippen molar-refractivity contribution in [3.8, 4) is 11.1 Å². The van der Waals surface area contributed by atoms with E-state index in [0.29, 0.717) is 6.42 Å². The zero-order valence-corrected chi connectivity index (χ0v) is 20.6. The lowest BCUT2D eigenvalue weighted by Crippen LogP contribution is -2.44. The second-order valence-electron chi connectivity index (χ2n) is 10.8. The van der Waals surface area contributed by atoms with Crippen LogP contribution in [0, 0.1) is 5.41 Å². The van der Waals surface area contributed by atoms with Gasteiger partial charge in [-0.3, -0.25) is 9.59 Å². The zero-order valence-electron chi connectivity index (χ0n) is 20.6. The molecule has 0 saturated heterocycles. The molecule has 1 unspecified atom stereocenters. The average molecular weight is 479 g/mol. The first kappa shape index (κ1) is 24.8. The number of fused-ring (bicyclic) bond motifs is 3. The quantitative estimate of drug-likeness (QED) is 0.540. The van der Waals surface area contributed by atoms with Gasteiger partial charge in [-0.15, -0.1) is 0 Å². The van der Waals surface area contributed by atoms with E-state index in [0.717, 1.165) is 35.1 Å². The van der Waals surface area contributed by atoms with Crippen LogP contribution in [0.4, 0.5) is 4.79 Å². The molecule has 2 aliphatic carbocycles. The Balaban J connectivity index is 1.41. The van der Waals surface area contributed by atoms with Gasteiger partial charge in [0, 0.05) is 24.4 Å². The van der Waals surface area contributed by atoms with Crippen molar-refractivity contribution in [3.05, 3.63) is 59.7 Å². The molecule has 0 radical (unpaired) electrons. The molecule has 0 aromatic heterocycles. The van der Waals surface area contributed by atoms with Crippen LogP contribution in [0.1, 0.15) is 63.5 Å². The number of alkyl carbamates (subject to hydrolysis) is 1. The minimum atomic E-state index is -1.03. The molecule has 1 saturated carbocycles. The summed E-state index contributed by atoms with van der Waals surface area (Å²) in [6, 6.07) is 15.8. The zero-order chi connectivity index (χ0) is 25.2. The van der Waals surface area contributed by atoms with Gasteiger partial charge < -0.3 is 20.1 Å². The second kappa shape index (κ2) is 10.1. The highest BCUT2D eigenvalue weighted by Gasteiger charge is 2.36. The third-order valence-electron chi connectivity index (χ3n) is 6.56. The molecule has 7 nitrogen and oxygen atoms in total. The van der Waals surface area contributed by atoms with Crippen molar-refractivity contribution in [1.29, 1.82) is 0 Å². The molecule has 2 aromatic carbocycles. The SMILES string of the molecule is CC(C)(C)CC(CC(=O)N(CC(=O)O)C1CC1)NC(=O)OCC1c2ccccc2-c2ccccc21. The minimum Gasteiger partial charge on any atom is -0.480 e. The van der Waals surface area contributed by atoms with E-state index in [1.54, 1.807) is 0 Å². The van der Waals surface area contributed by atoms with E-state index in [-0.39, 0.29) is 42.9 Å². The van der Waals surface area contributed by atoms with E-state index < -0.39 is 18.1 Å². The number of carbonyl (C=O) groups is 3. The average Bonchev–Trinajstić information content (AvgIpc) is 3.57. The second-order valence-corrected chi connectivity index (χ2v) is 10.8. The molecule has 2 N–H and O–H groups in total. The number of ether oxygens (including phenoxy) is 1. The number of carboxylic acids is 1. The number of benzene rings is 2. The van der Waals surface area contributed by atoms with Gasteiger partial charge in [0.05, 0.1) is 0 Å². The normalized spacial score (nSPS) is 15.6. The highest BCUT2D eigenvalue weighted by molar-refractivity contribution is 5.83. The van der Waals surface area contributed by atoms with E-state index in [9.17, 15) is 19.5 Å². The lowest BCUT2D eigenvalue weighted by atomic mass is 9.87. The van der Waals surface area contributed by atoms with Crippen LogP contribution in [0.15, 0.2) is 48.5 Å². The number of hydrogen-bond acceptors (Lipinski definition) is 4. The molecule has 2 aliphatic rings. The molecule has 1 atom stereocenters. The Kier molecular flexibility index (Phi) is 7.15. The van der Waals surface area contributed by atoms with Gasteiger partial charge in [0.2, 0.25) is 5.91 Å². The maximum absolute atomic E-state index is 13.0. The number of aliphatic carboxylic acids is 1. The standard InChI is InChI=1S/C28H34N2O5/c1-28(2,3)15-18(14-25(31)30(16-26(32)33)19-12-13-19)29-27(34)35-17-24-22-10-6-4-8-20(22)21-9-5-7-11-23(21)24/h4-11,18-19,24H,12-17H2,1-3H3,(H,29,34)(H,32,33). The molecular weight excluding hydrogens is 444 g/mol. The van der Waals surface area contributed by atoms with Gasteiger partial charge in [-0.2, -0.15) is 0 Å². The Bertz CT molecular complexity index is 1060. The maximum atomic E-state index is 13.0. The lowest BCUT2D eigenvalue weighted by molar-refractivity contribution is -0.145. The van der Waals surface area contributed by atoms with Crippen LogP contribution < -0.4 is 5.32 Å². The van der Waals surface area contributed by atoms with Crippen LogP contribution in [0.2, 0.25) is 0 Å². The highest BCUT2D eigenvalue weighted by Crippen LogP contribution is 2.44. The summed E-state index contributed by atoms with van der Waals surface area (Å²) in [5, 5.41) is 12.1. The van der Waals surface area contributed by atoms with Gasteiger partial charge in [-0.05, 0) is 46.9 Å². The molecule has 0 heterocycles. The predicted molar refractivity (Wildman–Crippen MR) is 133 cm³/mol. The van der Waals surface area contributed by atoms with Crippen molar-refractivity contribution in [1.82, 2.24) is 10.2 Å². The summed E-state index contributed by atoms with van der Waals surface area (Å²) >= 11 is 0. The Morgan fingerprint density at radius 1 is 1.03 bits per heavy atom. The smallest absolute Gasteiger partial charge is 0.407 e. The molecule has 0 bridgehead atoms. The molecule has 2 amide bonds. The highest BCUT2D eigenvalue weighted by atomic mass is 16.5. The summed E-state index contributed by atoms with van der Waals surface area (Å²) in [6.07, 6.45) is 1.69. The minimum absolute atomic E-state index is 0.0108. The third kappa shape index (κ3) is 6.21. The summed E-state index contributed by atoms with van der Waals surface area (Å²) < 4.78 is 5.68. The van der Waals surface area contributed by atoms with Crippen LogP contribution >= 0.6 is 0 Å². The first-order valence-electron chi connectivity index (χ1n) is 12.2. The topological polar surface area (TPSA) is 95.9 Å². The number of rotatable bonds is 9. The van der Waals surface area contributed by atoms with E-state index in [4.69, 9.17) is 4.74 Å². The molecule has 7 heteroatoms. The third-order valence-corrected chi connectivity index (χ3v) is 6.56. The van der Waals surface area contributed by atoms with Crippen molar-refractivity contribution >= 4 is 18.0 Å². The van der Waals surface area contributed by atoms with Crippen molar-refractivity contribution in [2.75, 3.05) is 13.2 Å². The van der Waals surface area contributed by atoms with Gasteiger partial charge in [0.15, 0.2) is 0 Å². The van der Waals surface area contributed by atoms with E-state index >= 15 is 0 Å². The Morgan fingerprint density at radius 2 is 1.60 bits per heavy atom. The molecular formula is C28H34N2O5. The Labute approximate surface area is 206 Å². The summed E-state index contributed by atoms with van der Waals surface area (Å²) in [5.41, 5.74) is 4.45. The fourth-order valence-electron chi connectivity index (χ4n) is 5.00. The van der Waals surface area contributed by atoms with Crippen LogP contribution in [-0.2, 0) is 14.3 Å². The molecule has 2 aromatic rings. The van der Waals surface area contributed by atoms with Crippen LogP contribution in [0.3, 0.4) is 0 Å².